The van der Waals surface area contributed by atoms with Crippen LogP contribution in [-0.4, -0.2) is 11.1 Å². The zero-order chi connectivity index (χ0) is 20.9. The van der Waals surface area contributed by atoms with Crippen LogP contribution in [0.15, 0.2) is 87.2 Å². The van der Waals surface area contributed by atoms with E-state index in [0.29, 0.717) is 15.8 Å². The average Bonchev–Trinajstić information content (AvgIpc) is 3.08. The minimum absolute atomic E-state index is 0.209. The minimum atomic E-state index is -0.287. The molecule has 1 N–H and O–H groups in total. The van der Waals surface area contributed by atoms with Gasteiger partial charge in [-0.1, -0.05) is 46.3 Å². The van der Waals surface area contributed by atoms with Gasteiger partial charge in [0.05, 0.1) is 10.6 Å². The number of hydrogen-bond acceptors (Lipinski definition) is 4. The van der Waals surface area contributed by atoms with Gasteiger partial charge in [-0.05, 0) is 65.9 Å². The van der Waals surface area contributed by atoms with E-state index in [9.17, 15) is 9.18 Å². The number of benzene rings is 3. The molecule has 30 heavy (non-hydrogen) atoms. The Balaban J connectivity index is 1.55. The fourth-order valence-corrected chi connectivity index (χ4v) is 3.96. The Bertz CT molecular complexity index is 1130. The molecule has 4 rings (SSSR count). The molecule has 1 saturated heterocycles. The maximum atomic E-state index is 13.1. The molecule has 4 nitrogen and oxygen atoms in total. The van der Waals surface area contributed by atoms with Gasteiger partial charge in [0.2, 0.25) is 0 Å². The van der Waals surface area contributed by atoms with Gasteiger partial charge in [0, 0.05) is 10.0 Å². The number of amides is 1. The molecule has 3 aromatic rings. The van der Waals surface area contributed by atoms with Crippen LogP contribution >= 0.6 is 27.7 Å². The van der Waals surface area contributed by atoms with Crippen LogP contribution < -0.4 is 10.1 Å². The normalized spacial score (nSPS) is 16.1. The average molecular weight is 483 g/mol. The van der Waals surface area contributed by atoms with Gasteiger partial charge in [-0.3, -0.25) is 4.79 Å². The van der Waals surface area contributed by atoms with Gasteiger partial charge in [-0.25, -0.2) is 9.38 Å². The van der Waals surface area contributed by atoms with Crippen molar-refractivity contribution in [1.29, 1.82) is 0 Å². The van der Waals surface area contributed by atoms with Gasteiger partial charge in [-0.2, -0.15) is 0 Å². The summed E-state index contributed by atoms with van der Waals surface area (Å²) in [6.07, 6.45) is 1.78. The second kappa shape index (κ2) is 9.28. The lowest BCUT2D eigenvalue weighted by molar-refractivity contribution is -0.115. The Kier molecular flexibility index (Phi) is 6.30. The predicted octanol–water partition coefficient (Wildman–Crippen LogP) is 6.06. The van der Waals surface area contributed by atoms with Crippen molar-refractivity contribution >= 4 is 50.5 Å². The van der Waals surface area contributed by atoms with Crippen LogP contribution in [0.5, 0.6) is 5.75 Å². The molecule has 1 amide bonds. The molecule has 1 fully saturated rings. The van der Waals surface area contributed by atoms with Crippen molar-refractivity contribution in [1.82, 2.24) is 5.32 Å². The molecule has 0 saturated carbocycles. The molecule has 0 unspecified atom stereocenters. The fraction of sp³-hybridized carbons (Fsp3) is 0.0435. The Morgan fingerprint density at radius 1 is 1.07 bits per heavy atom. The van der Waals surface area contributed by atoms with Gasteiger partial charge in [0.1, 0.15) is 18.2 Å². The molecule has 1 aliphatic heterocycles. The zero-order valence-electron chi connectivity index (χ0n) is 15.6. The number of carbonyl (C=O) groups excluding carboxylic acids is 1. The monoisotopic (exact) mass is 482 g/mol. The van der Waals surface area contributed by atoms with E-state index < -0.39 is 0 Å². The van der Waals surface area contributed by atoms with Gasteiger partial charge in [-0.15, -0.1) is 0 Å². The molecule has 3 aromatic carbocycles. The van der Waals surface area contributed by atoms with E-state index in [-0.39, 0.29) is 18.3 Å². The lowest BCUT2D eigenvalue weighted by atomic mass is 10.2. The van der Waals surface area contributed by atoms with Gasteiger partial charge >= 0.3 is 0 Å². The summed E-state index contributed by atoms with van der Waals surface area (Å²) in [6, 6.07) is 21.2. The molecule has 0 atom stereocenters. The highest BCUT2D eigenvalue weighted by Gasteiger charge is 2.24. The molecular formula is C23H16BrFN2O2S. The summed E-state index contributed by atoms with van der Waals surface area (Å²) in [7, 11) is 0. The van der Waals surface area contributed by atoms with E-state index in [1.54, 1.807) is 18.2 Å². The molecule has 1 aliphatic rings. The highest BCUT2D eigenvalue weighted by molar-refractivity contribution is 9.10. The molecule has 0 aromatic heterocycles. The summed E-state index contributed by atoms with van der Waals surface area (Å²) in [5, 5.41) is 3.32. The fourth-order valence-electron chi connectivity index (χ4n) is 2.75. The predicted molar refractivity (Wildman–Crippen MR) is 122 cm³/mol. The van der Waals surface area contributed by atoms with Crippen molar-refractivity contribution < 1.29 is 13.9 Å². The number of aliphatic imine (C=N–C) groups is 1. The van der Waals surface area contributed by atoms with Crippen LogP contribution in [0.1, 0.15) is 11.1 Å². The van der Waals surface area contributed by atoms with Crippen molar-refractivity contribution in [3.05, 3.63) is 99.1 Å². The van der Waals surface area contributed by atoms with E-state index in [2.05, 4.69) is 26.2 Å². The van der Waals surface area contributed by atoms with Crippen molar-refractivity contribution in [2.75, 3.05) is 0 Å². The standard InChI is InChI=1S/C23H16BrFN2O2S/c24-17-8-11-20(29-14-15-6-9-18(25)10-7-15)16(12-17)13-21-22(28)27-23(30-21)26-19-4-2-1-3-5-19/h1-13H,14H2,(H,26,27,28)/b21-13-. The van der Waals surface area contributed by atoms with Crippen molar-refractivity contribution in [2.24, 2.45) is 4.99 Å². The Morgan fingerprint density at radius 2 is 1.83 bits per heavy atom. The number of halogens is 2. The number of hydrogen-bond donors (Lipinski definition) is 1. The lowest BCUT2D eigenvalue weighted by Crippen LogP contribution is -2.19. The summed E-state index contributed by atoms with van der Waals surface area (Å²) >= 11 is 4.74. The molecule has 0 spiro atoms. The Labute approximate surface area is 186 Å². The largest absolute Gasteiger partial charge is 0.488 e. The second-order valence-corrected chi connectivity index (χ2v) is 8.36. The number of amidine groups is 1. The summed E-state index contributed by atoms with van der Waals surface area (Å²) in [5.74, 6) is 0.126. The summed E-state index contributed by atoms with van der Waals surface area (Å²) in [5.41, 5.74) is 2.38. The molecule has 0 bridgehead atoms. The third-order valence-corrected chi connectivity index (χ3v) is 5.61. The van der Waals surface area contributed by atoms with Crippen LogP contribution in [-0.2, 0) is 11.4 Å². The maximum absolute atomic E-state index is 13.1. The lowest BCUT2D eigenvalue weighted by Gasteiger charge is -2.10. The van der Waals surface area contributed by atoms with Gasteiger partial charge < -0.3 is 10.1 Å². The number of ether oxygens (including phenoxy) is 1. The Morgan fingerprint density at radius 3 is 2.60 bits per heavy atom. The first-order valence-corrected chi connectivity index (χ1v) is 10.7. The molecule has 0 aliphatic carbocycles. The smallest absolute Gasteiger partial charge is 0.264 e. The van der Waals surface area contributed by atoms with E-state index in [0.717, 1.165) is 21.3 Å². The summed E-state index contributed by atoms with van der Waals surface area (Å²) < 4.78 is 19.9. The van der Waals surface area contributed by atoms with Crippen molar-refractivity contribution in [2.45, 2.75) is 6.61 Å². The SMILES string of the molecule is O=C1NC(=Nc2ccccc2)S/C1=C\c1cc(Br)ccc1OCc1ccc(F)cc1. The topological polar surface area (TPSA) is 50.7 Å². The minimum Gasteiger partial charge on any atom is -0.488 e. The summed E-state index contributed by atoms with van der Waals surface area (Å²) in [6.45, 7) is 0.290. The van der Waals surface area contributed by atoms with Gasteiger partial charge in [0.25, 0.3) is 5.91 Å². The third kappa shape index (κ3) is 5.17. The highest BCUT2D eigenvalue weighted by Crippen LogP contribution is 2.32. The van der Waals surface area contributed by atoms with E-state index in [1.165, 1.54) is 23.9 Å². The number of rotatable bonds is 5. The number of thioether (sulfide) groups is 1. The van der Waals surface area contributed by atoms with E-state index in [4.69, 9.17) is 4.74 Å². The van der Waals surface area contributed by atoms with Crippen LogP contribution in [0.4, 0.5) is 10.1 Å². The first kappa shape index (κ1) is 20.4. The number of nitrogens with one attached hydrogen (secondary N) is 1. The molecule has 150 valence electrons. The van der Waals surface area contributed by atoms with Crippen molar-refractivity contribution in [3.63, 3.8) is 0 Å². The Hall–Kier alpha value is -2.90. The maximum Gasteiger partial charge on any atom is 0.264 e. The highest BCUT2D eigenvalue weighted by atomic mass is 79.9. The molecule has 0 radical (unpaired) electrons. The number of nitrogens with zero attached hydrogens (tertiary/aromatic N) is 1. The molecule has 7 heteroatoms. The first-order valence-electron chi connectivity index (χ1n) is 9.08. The molecule has 1 heterocycles. The third-order valence-electron chi connectivity index (χ3n) is 4.20. The molecular weight excluding hydrogens is 467 g/mol. The van der Waals surface area contributed by atoms with Crippen molar-refractivity contribution in [3.8, 4) is 5.75 Å². The van der Waals surface area contributed by atoms with E-state index in [1.807, 2.05) is 48.5 Å². The van der Waals surface area contributed by atoms with Crippen LogP contribution in [0, 0.1) is 5.82 Å². The first-order chi connectivity index (χ1) is 14.6. The number of carbonyl (C=O) groups is 1. The van der Waals surface area contributed by atoms with E-state index >= 15 is 0 Å². The van der Waals surface area contributed by atoms with Crippen LogP contribution in [0.2, 0.25) is 0 Å². The summed E-state index contributed by atoms with van der Waals surface area (Å²) in [4.78, 5) is 17.4. The quantitative estimate of drug-likeness (QED) is 0.449. The number of para-hydroxylation sites is 1. The van der Waals surface area contributed by atoms with Crippen LogP contribution in [0.3, 0.4) is 0 Å². The van der Waals surface area contributed by atoms with Crippen LogP contribution in [0.25, 0.3) is 6.08 Å². The zero-order valence-corrected chi connectivity index (χ0v) is 18.0. The second-order valence-electron chi connectivity index (χ2n) is 6.41. The van der Waals surface area contributed by atoms with Gasteiger partial charge in [0.15, 0.2) is 5.17 Å².